The van der Waals surface area contributed by atoms with Gasteiger partial charge in [-0.05, 0) is 43.7 Å². The summed E-state index contributed by atoms with van der Waals surface area (Å²) in [7, 11) is 0. The average Bonchev–Trinajstić information content (AvgIpc) is 2.47. The number of nitrogens with zero attached hydrogens (tertiary/aromatic N) is 2. The van der Waals surface area contributed by atoms with E-state index in [1.807, 2.05) is 0 Å². The molecule has 2 rings (SSSR count). The van der Waals surface area contributed by atoms with E-state index in [1.165, 1.54) is 12.1 Å². The number of carbonyl (C=O) groups excluding carboxylic acids is 1. The molecule has 0 aromatic carbocycles. The van der Waals surface area contributed by atoms with Gasteiger partial charge in [-0.3, -0.25) is 4.79 Å². The Bertz CT molecular complexity index is 555. The maximum absolute atomic E-state index is 12.3. The predicted molar refractivity (Wildman–Crippen MR) is 82.3 cm³/mol. The van der Waals surface area contributed by atoms with Crippen LogP contribution in [0.2, 0.25) is 10.3 Å². The van der Waals surface area contributed by atoms with Crippen LogP contribution in [0, 0.1) is 17.2 Å². The number of rotatable bonds is 3. The summed E-state index contributed by atoms with van der Waals surface area (Å²) >= 11 is 11.6. The summed E-state index contributed by atoms with van der Waals surface area (Å²) in [4.78, 5) is 16.1. The van der Waals surface area contributed by atoms with Crippen LogP contribution >= 0.6 is 23.2 Å². The van der Waals surface area contributed by atoms with E-state index in [4.69, 9.17) is 23.2 Å². The molecular formula is C15H17Cl2N3O. The van der Waals surface area contributed by atoms with Crippen LogP contribution in [0.15, 0.2) is 12.1 Å². The van der Waals surface area contributed by atoms with E-state index < -0.39 is 5.54 Å². The maximum Gasteiger partial charge on any atom is 0.252 e. The van der Waals surface area contributed by atoms with Crippen LogP contribution < -0.4 is 5.32 Å². The quantitative estimate of drug-likeness (QED) is 0.854. The summed E-state index contributed by atoms with van der Waals surface area (Å²) in [6, 6.07) is 5.18. The second-order valence-electron chi connectivity index (χ2n) is 5.50. The summed E-state index contributed by atoms with van der Waals surface area (Å²) in [6.45, 7) is 2.16. The summed E-state index contributed by atoms with van der Waals surface area (Å²) in [5.41, 5.74) is -0.461. The van der Waals surface area contributed by atoms with E-state index in [-0.39, 0.29) is 16.2 Å². The maximum atomic E-state index is 12.3. The molecule has 21 heavy (non-hydrogen) atoms. The van der Waals surface area contributed by atoms with Gasteiger partial charge in [-0.2, -0.15) is 5.26 Å². The summed E-state index contributed by atoms with van der Waals surface area (Å²) in [5.74, 6) is 0.311. The Morgan fingerprint density at radius 1 is 1.43 bits per heavy atom. The summed E-state index contributed by atoms with van der Waals surface area (Å²) in [6.07, 6.45) is 4.40. The van der Waals surface area contributed by atoms with Crippen molar-refractivity contribution in [3.8, 4) is 6.07 Å². The van der Waals surface area contributed by atoms with Gasteiger partial charge in [0.2, 0.25) is 0 Å². The van der Waals surface area contributed by atoms with Gasteiger partial charge in [0.1, 0.15) is 15.8 Å². The topological polar surface area (TPSA) is 65.8 Å². The standard InChI is InChI=1S/C15H17Cl2N3O/c1-2-10-3-5-15(9-18,6-4-10)20-14(21)11-7-12(16)19-13(17)8-11/h7-8,10H,2-6H2,1H3,(H,20,21). The smallest absolute Gasteiger partial charge is 0.252 e. The third-order valence-corrected chi connectivity index (χ3v) is 4.52. The molecule has 1 heterocycles. The summed E-state index contributed by atoms with van der Waals surface area (Å²) in [5, 5.41) is 12.6. The third-order valence-electron chi connectivity index (χ3n) is 4.13. The minimum atomic E-state index is -0.787. The number of nitriles is 1. The van der Waals surface area contributed by atoms with Crippen LogP contribution in [0.3, 0.4) is 0 Å². The molecule has 4 nitrogen and oxygen atoms in total. The zero-order valence-electron chi connectivity index (χ0n) is 11.8. The van der Waals surface area contributed by atoms with Crippen molar-refractivity contribution in [1.29, 1.82) is 5.26 Å². The molecule has 1 saturated carbocycles. The SMILES string of the molecule is CCC1CCC(C#N)(NC(=O)c2cc(Cl)nc(Cl)c2)CC1. The number of halogens is 2. The van der Waals surface area contributed by atoms with Crippen LogP contribution in [-0.2, 0) is 0 Å². The first-order valence-electron chi connectivity index (χ1n) is 7.05. The molecule has 1 aliphatic rings. The largest absolute Gasteiger partial charge is 0.334 e. The van der Waals surface area contributed by atoms with Crippen molar-refractivity contribution in [1.82, 2.24) is 10.3 Å². The fourth-order valence-electron chi connectivity index (χ4n) is 2.73. The Hall–Kier alpha value is -1.31. The molecule has 0 spiro atoms. The van der Waals surface area contributed by atoms with Crippen molar-refractivity contribution in [3.05, 3.63) is 28.0 Å². The Kier molecular flexibility index (Phi) is 5.08. The number of hydrogen-bond acceptors (Lipinski definition) is 3. The number of aromatic nitrogens is 1. The zero-order valence-corrected chi connectivity index (χ0v) is 13.3. The molecule has 0 bridgehead atoms. The average molecular weight is 326 g/mol. The Morgan fingerprint density at radius 2 is 2.00 bits per heavy atom. The van der Waals surface area contributed by atoms with Crippen LogP contribution in [0.1, 0.15) is 49.4 Å². The van der Waals surface area contributed by atoms with Crippen molar-refractivity contribution >= 4 is 29.1 Å². The predicted octanol–water partition coefficient (Wildman–Crippen LogP) is 3.98. The van der Waals surface area contributed by atoms with Crippen molar-refractivity contribution in [2.75, 3.05) is 0 Å². The molecule has 6 heteroatoms. The first-order chi connectivity index (χ1) is 9.98. The lowest BCUT2D eigenvalue weighted by molar-refractivity contribution is 0.0891. The Morgan fingerprint density at radius 3 is 2.48 bits per heavy atom. The monoisotopic (exact) mass is 325 g/mol. The molecule has 0 radical (unpaired) electrons. The highest BCUT2D eigenvalue weighted by Crippen LogP contribution is 2.33. The van der Waals surface area contributed by atoms with Gasteiger partial charge in [-0.25, -0.2) is 4.98 Å². The number of pyridine rings is 1. The normalized spacial score (nSPS) is 25.1. The highest BCUT2D eigenvalue weighted by Gasteiger charge is 2.36. The van der Waals surface area contributed by atoms with E-state index in [0.717, 1.165) is 19.3 Å². The van der Waals surface area contributed by atoms with Gasteiger partial charge < -0.3 is 5.32 Å². The van der Waals surface area contributed by atoms with Gasteiger partial charge in [0.25, 0.3) is 5.91 Å². The number of hydrogen-bond donors (Lipinski definition) is 1. The number of carbonyl (C=O) groups is 1. The molecule has 0 unspecified atom stereocenters. The van der Waals surface area contributed by atoms with Crippen molar-refractivity contribution in [2.45, 2.75) is 44.6 Å². The van der Waals surface area contributed by atoms with Gasteiger partial charge in [0.05, 0.1) is 6.07 Å². The molecule has 1 amide bonds. The Balaban J connectivity index is 2.12. The highest BCUT2D eigenvalue weighted by atomic mass is 35.5. The van der Waals surface area contributed by atoms with Gasteiger partial charge in [0, 0.05) is 5.56 Å². The second kappa shape index (κ2) is 6.64. The molecule has 0 atom stereocenters. The Labute approximate surface area is 134 Å². The molecular weight excluding hydrogens is 309 g/mol. The molecule has 1 aromatic rings. The van der Waals surface area contributed by atoms with Crippen LogP contribution in [0.4, 0.5) is 0 Å². The molecule has 0 saturated heterocycles. The lowest BCUT2D eigenvalue weighted by atomic mass is 9.76. The minimum Gasteiger partial charge on any atom is -0.334 e. The van der Waals surface area contributed by atoms with Gasteiger partial charge in [0.15, 0.2) is 0 Å². The van der Waals surface area contributed by atoms with Crippen molar-refractivity contribution < 1.29 is 4.79 Å². The fraction of sp³-hybridized carbons (Fsp3) is 0.533. The minimum absolute atomic E-state index is 0.161. The third kappa shape index (κ3) is 3.87. The van der Waals surface area contributed by atoms with E-state index in [0.29, 0.717) is 24.3 Å². The first kappa shape index (κ1) is 16.1. The second-order valence-corrected chi connectivity index (χ2v) is 6.28. The molecule has 1 aromatic heterocycles. The van der Waals surface area contributed by atoms with Gasteiger partial charge >= 0.3 is 0 Å². The van der Waals surface area contributed by atoms with E-state index >= 15 is 0 Å². The number of nitrogens with one attached hydrogen (secondary N) is 1. The molecule has 0 aliphatic heterocycles. The molecule has 1 N–H and O–H groups in total. The highest BCUT2D eigenvalue weighted by molar-refractivity contribution is 6.33. The molecule has 1 fully saturated rings. The van der Waals surface area contributed by atoms with Gasteiger partial charge in [-0.1, -0.05) is 36.5 Å². The lowest BCUT2D eigenvalue weighted by Crippen LogP contribution is -2.49. The van der Waals surface area contributed by atoms with Crippen LogP contribution in [0.5, 0.6) is 0 Å². The van der Waals surface area contributed by atoms with E-state index in [2.05, 4.69) is 23.3 Å². The molecule has 112 valence electrons. The number of amides is 1. The first-order valence-corrected chi connectivity index (χ1v) is 7.80. The van der Waals surface area contributed by atoms with Gasteiger partial charge in [-0.15, -0.1) is 0 Å². The summed E-state index contributed by atoms with van der Waals surface area (Å²) < 4.78 is 0. The van der Waals surface area contributed by atoms with Crippen LogP contribution in [-0.4, -0.2) is 16.4 Å². The van der Waals surface area contributed by atoms with Crippen molar-refractivity contribution in [3.63, 3.8) is 0 Å². The van der Waals surface area contributed by atoms with E-state index in [1.54, 1.807) is 0 Å². The zero-order chi connectivity index (χ0) is 15.5. The van der Waals surface area contributed by atoms with Crippen LogP contribution in [0.25, 0.3) is 0 Å². The van der Waals surface area contributed by atoms with E-state index in [9.17, 15) is 10.1 Å². The molecule has 1 aliphatic carbocycles. The lowest BCUT2D eigenvalue weighted by Gasteiger charge is -2.35. The fourth-order valence-corrected chi connectivity index (χ4v) is 3.19. The van der Waals surface area contributed by atoms with Crippen molar-refractivity contribution in [2.24, 2.45) is 5.92 Å².